The maximum Gasteiger partial charge on any atom is 0.305 e. The molecule has 0 fully saturated rings. The van der Waals surface area contributed by atoms with E-state index in [1.54, 1.807) is 6.07 Å². The van der Waals surface area contributed by atoms with Crippen molar-refractivity contribution >= 4 is 46.2 Å². The topological polar surface area (TPSA) is 113 Å². The SMILES string of the molecule is O=C[C@@H](CC(=O)O)NC(=O)C(CCCCNC(=O)c1ccc2ccccc2c1)c1cccs1. The number of thiophene rings is 1. The van der Waals surface area contributed by atoms with Crippen LogP contribution in [-0.2, 0) is 14.4 Å². The Morgan fingerprint density at radius 2 is 1.79 bits per heavy atom. The number of carboxylic acid groups (broad SMARTS) is 1. The van der Waals surface area contributed by atoms with Gasteiger partial charge >= 0.3 is 5.97 Å². The fraction of sp³-hybridized carbons (Fsp3) is 0.280. The number of benzene rings is 2. The maximum absolute atomic E-state index is 12.7. The van der Waals surface area contributed by atoms with Crippen LogP contribution in [0.2, 0.25) is 0 Å². The molecule has 2 atom stereocenters. The van der Waals surface area contributed by atoms with Crippen LogP contribution >= 0.6 is 11.3 Å². The molecule has 1 heterocycles. The summed E-state index contributed by atoms with van der Waals surface area (Å²) in [4.78, 5) is 48.0. The summed E-state index contributed by atoms with van der Waals surface area (Å²) in [6.45, 7) is 0.473. The standard InChI is InChI=1S/C25H26N2O5S/c28-16-20(15-23(29)30)27-25(32)21(22-9-5-13-33-22)8-3-4-12-26-24(31)19-11-10-17-6-1-2-7-18(17)14-19/h1-2,5-7,9-11,13-14,16,20-21H,3-4,8,12,15H2,(H,26,31)(H,27,32)(H,29,30)/t20-,21?/m1/s1. The minimum atomic E-state index is -1.15. The fourth-order valence-corrected chi connectivity index (χ4v) is 4.47. The number of carbonyl (C=O) groups excluding carboxylic acids is 3. The minimum Gasteiger partial charge on any atom is -0.481 e. The predicted molar refractivity (Wildman–Crippen MR) is 127 cm³/mol. The van der Waals surface area contributed by atoms with Crippen molar-refractivity contribution in [1.82, 2.24) is 10.6 Å². The molecule has 3 N–H and O–H groups in total. The van der Waals surface area contributed by atoms with Gasteiger partial charge in [0.05, 0.1) is 18.4 Å². The van der Waals surface area contributed by atoms with Crippen LogP contribution in [0.25, 0.3) is 10.8 Å². The second-order valence-corrected chi connectivity index (χ2v) is 8.71. The molecule has 0 aliphatic carbocycles. The first-order valence-electron chi connectivity index (χ1n) is 10.8. The van der Waals surface area contributed by atoms with Gasteiger partial charge in [0.1, 0.15) is 6.29 Å². The molecule has 172 valence electrons. The summed E-state index contributed by atoms with van der Waals surface area (Å²) < 4.78 is 0. The second kappa shape index (κ2) is 11.9. The van der Waals surface area contributed by atoms with Crippen molar-refractivity contribution in [3.63, 3.8) is 0 Å². The number of hydrogen-bond donors (Lipinski definition) is 3. The third-order valence-corrected chi connectivity index (χ3v) is 6.29. The van der Waals surface area contributed by atoms with Gasteiger partial charge in [-0.15, -0.1) is 11.3 Å². The molecule has 7 nitrogen and oxygen atoms in total. The van der Waals surface area contributed by atoms with Gasteiger partial charge in [0.2, 0.25) is 5.91 Å². The highest BCUT2D eigenvalue weighted by Crippen LogP contribution is 2.27. The molecule has 0 aliphatic rings. The van der Waals surface area contributed by atoms with Crippen LogP contribution in [0.3, 0.4) is 0 Å². The molecule has 2 aromatic carbocycles. The summed E-state index contributed by atoms with van der Waals surface area (Å²) in [5.74, 6) is -2.13. The monoisotopic (exact) mass is 466 g/mol. The Balaban J connectivity index is 1.50. The minimum absolute atomic E-state index is 0.143. The van der Waals surface area contributed by atoms with Gasteiger partial charge < -0.3 is 20.5 Å². The van der Waals surface area contributed by atoms with E-state index in [1.165, 1.54) is 11.3 Å². The van der Waals surface area contributed by atoms with Crippen molar-refractivity contribution in [3.8, 4) is 0 Å². The molecule has 8 heteroatoms. The molecule has 1 unspecified atom stereocenters. The lowest BCUT2D eigenvalue weighted by atomic mass is 9.98. The number of carbonyl (C=O) groups is 4. The van der Waals surface area contributed by atoms with Crippen LogP contribution in [0.15, 0.2) is 60.0 Å². The molecule has 1 aromatic heterocycles. The van der Waals surface area contributed by atoms with Crippen LogP contribution in [0, 0.1) is 0 Å². The molecule has 33 heavy (non-hydrogen) atoms. The average molecular weight is 467 g/mol. The number of amides is 2. The molecule has 0 bridgehead atoms. The normalized spacial score (nSPS) is 12.6. The summed E-state index contributed by atoms with van der Waals surface area (Å²) in [5.41, 5.74) is 0.600. The zero-order valence-electron chi connectivity index (χ0n) is 18.0. The van der Waals surface area contributed by atoms with E-state index >= 15 is 0 Å². The Labute approximate surface area is 195 Å². The maximum atomic E-state index is 12.7. The number of aldehydes is 1. The number of fused-ring (bicyclic) bond motifs is 1. The zero-order chi connectivity index (χ0) is 23.6. The highest BCUT2D eigenvalue weighted by molar-refractivity contribution is 7.10. The molecule has 0 saturated heterocycles. The zero-order valence-corrected chi connectivity index (χ0v) is 18.8. The van der Waals surface area contributed by atoms with E-state index in [1.807, 2.05) is 53.9 Å². The number of carboxylic acids is 1. The Hall–Kier alpha value is -3.52. The quantitative estimate of drug-likeness (QED) is 0.278. The largest absolute Gasteiger partial charge is 0.481 e. The molecule has 2 amide bonds. The highest BCUT2D eigenvalue weighted by atomic mass is 32.1. The van der Waals surface area contributed by atoms with Crippen LogP contribution in [0.4, 0.5) is 0 Å². The van der Waals surface area contributed by atoms with Gasteiger partial charge in [-0.05, 0) is 47.2 Å². The van der Waals surface area contributed by atoms with Gasteiger partial charge in [0.15, 0.2) is 0 Å². The average Bonchev–Trinajstić information content (AvgIpc) is 3.34. The number of unbranched alkanes of at least 4 members (excludes halogenated alkanes) is 1. The molecular weight excluding hydrogens is 440 g/mol. The van der Waals surface area contributed by atoms with Crippen molar-refractivity contribution in [2.24, 2.45) is 0 Å². The van der Waals surface area contributed by atoms with Gasteiger partial charge in [0.25, 0.3) is 5.91 Å². The van der Waals surface area contributed by atoms with E-state index in [0.29, 0.717) is 37.7 Å². The van der Waals surface area contributed by atoms with E-state index in [0.717, 1.165) is 15.6 Å². The first-order chi connectivity index (χ1) is 16.0. The summed E-state index contributed by atoms with van der Waals surface area (Å²) in [5, 5.41) is 18.3. The smallest absolute Gasteiger partial charge is 0.305 e. The van der Waals surface area contributed by atoms with Gasteiger partial charge in [-0.2, -0.15) is 0 Å². The molecule has 3 aromatic rings. The summed E-state index contributed by atoms with van der Waals surface area (Å²) >= 11 is 1.44. The van der Waals surface area contributed by atoms with E-state index < -0.39 is 24.3 Å². The Morgan fingerprint density at radius 1 is 1.00 bits per heavy atom. The molecule has 0 saturated carbocycles. The van der Waals surface area contributed by atoms with Crippen molar-refractivity contribution in [2.75, 3.05) is 6.54 Å². The van der Waals surface area contributed by atoms with Crippen LogP contribution in [-0.4, -0.2) is 41.8 Å². The third-order valence-electron chi connectivity index (χ3n) is 5.31. The molecule has 0 radical (unpaired) electrons. The van der Waals surface area contributed by atoms with Gasteiger partial charge in [-0.1, -0.05) is 42.8 Å². The number of nitrogens with one attached hydrogen (secondary N) is 2. The van der Waals surface area contributed by atoms with Gasteiger partial charge in [-0.25, -0.2) is 0 Å². The van der Waals surface area contributed by atoms with Gasteiger partial charge in [-0.3, -0.25) is 14.4 Å². The Morgan fingerprint density at radius 3 is 2.48 bits per heavy atom. The second-order valence-electron chi connectivity index (χ2n) is 7.73. The molecular formula is C25H26N2O5S. The summed E-state index contributed by atoms with van der Waals surface area (Å²) in [7, 11) is 0. The van der Waals surface area contributed by atoms with Crippen molar-refractivity contribution < 1.29 is 24.3 Å². The van der Waals surface area contributed by atoms with Crippen LogP contribution < -0.4 is 10.6 Å². The Kier molecular flexibility index (Phi) is 8.71. The lowest BCUT2D eigenvalue weighted by Crippen LogP contribution is -2.40. The van der Waals surface area contributed by atoms with Gasteiger partial charge in [0, 0.05) is 17.0 Å². The molecule has 3 rings (SSSR count). The Bertz CT molecular complexity index is 1110. The number of rotatable bonds is 12. The lowest BCUT2D eigenvalue weighted by Gasteiger charge is -2.18. The lowest BCUT2D eigenvalue weighted by molar-refractivity contribution is -0.138. The predicted octanol–water partition coefficient (Wildman–Crippen LogP) is 3.74. The third kappa shape index (κ3) is 6.98. The summed E-state index contributed by atoms with van der Waals surface area (Å²) in [6, 6.07) is 16.1. The van der Waals surface area contributed by atoms with Crippen molar-refractivity contribution in [2.45, 2.75) is 37.6 Å². The van der Waals surface area contributed by atoms with E-state index in [4.69, 9.17) is 5.11 Å². The van der Waals surface area contributed by atoms with Crippen LogP contribution in [0.5, 0.6) is 0 Å². The first-order valence-corrected chi connectivity index (χ1v) is 11.6. The van der Waals surface area contributed by atoms with E-state index in [9.17, 15) is 19.2 Å². The fourth-order valence-electron chi connectivity index (χ4n) is 3.60. The molecule has 0 aliphatic heterocycles. The van der Waals surface area contributed by atoms with Crippen molar-refractivity contribution in [3.05, 3.63) is 70.4 Å². The number of aliphatic carboxylic acids is 1. The summed E-state index contributed by atoms with van der Waals surface area (Å²) in [6.07, 6.45) is 1.88. The van der Waals surface area contributed by atoms with E-state index in [2.05, 4.69) is 10.6 Å². The highest BCUT2D eigenvalue weighted by Gasteiger charge is 2.24. The first kappa shape index (κ1) is 24.1. The van der Waals surface area contributed by atoms with E-state index in [-0.39, 0.29) is 11.8 Å². The number of hydrogen-bond acceptors (Lipinski definition) is 5. The molecule has 0 spiro atoms. The van der Waals surface area contributed by atoms with Crippen LogP contribution in [0.1, 0.15) is 46.8 Å². The van der Waals surface area contributed by atoms with Crippen molar-refractivity contribution in [1.29, 1.82) is 0 Å².